The minimum atomic E-state index is 0.722. The highest BCUT2D eigenvalue weighted by atomic mass is 32.1. The van der Waals surface area contributed by atoms with Crippen LogP contribution < -0.4 is 0 Å². The molecule has 3 aromatic heterocycles. The Bertz CT molecular complexity index is 3120. The number of rotatable bonds is 2. The van der Waals surface area contributed by atoms with Gasteiger partial charge in [-0.05, 0) is 45.8 Å². The van der Waals surface area contributed by atoms with Crippen LogP contribution >= 0.6 is 11.3 Å². The largest absolute Gasteiger partial charge is 0.292 e. The van der Waals surface area contributed by atoms with Gasteiger partial charge >= 0.3 is 0 Å². The topological polar surface area (TPSA) is 30.7 Å². The zero-order chi connectivity index (χ0) is 31.3. The molecule has 0 aliphatic carbocycles. The van der Waals surface area contributed by atoms with Gasteiger partial charge in [-0.15, -0.1) is 11.3 Å². The van der Waals surface area contributed by atoms with Gasteiger partial charge in [0.05, 0.1) is 21.3 Å². The molecule has 48 heavy (non-hydrogen) atoms. The molecule has 0 spiro atoms. The van der Waals surface area contributed by atoms with Gasteiger partial charge in [-0.1, -0.05) is 127 Å². The lowest BCUT2D eigenvalue weighted by Gasteiger charge is -2.15. The van der Waals surface area contributed by atoms with E-state index in [1.165, 1.54) is 68.8 Å². The van der Waals surface area contributed by atoms with Crippen LogP contribution in [0.4, 0.5) is 0 Å². The molecule has 0 saturated carbocycles. The Balaban J connectivity index is 1.48. The second-order valence-electron chi connectivity index (χ2n) is 12.5. The SMILES string of the molecule is c1ccc(-c2nc(-n3c4ccccc4c4c5c6ccccc6c6ccccc6c5c5c6ccccc6sc5c43)c3ccccc3n2)cc1. The lowest BCUT2D eigenvalue weighted by atomic mass is 9.89. The zero-order valence-electron chi connectivity index (χ0n) is 25.7. The summed E-state index contributed by atoms with van der Waals surface area (Å²) in [6.07, 6.45) is 0. The van der Waals surface area contributed by atoms with Crippen molar-refractivity contribution >= 4 is 96.5 Å². The molecule has 3 heterocycles. The van der Waals surface area contributed by atoms with Crippen LogP contribution in [-0.2, 0) is 0 Å². The summed E-state index contributed by atoms with van der Waals surface area (Å²) in [5.74, 6) is 1.62. The minimum absolute atomic E-state index is 0.722. The number of aromatic nitrogens is 3. The van der Waals surface area contributed by atoms with E-state index in [0.29, 0.717) is 0 Å². The summed E-state index contributed by atoms with van der Waals surface area (Å²) in [4.78, 5) is 10.5. The van der Waals surface area contributed by atoms with Gasteiger partial charge in [0.25, 0.3) is 0 Å². The van der Waals surface area contributed by atoms with Crippen molar-refractivity contribution in [3.05, 3.63) is 152 Å². The van der Waals surface area contributed by atoms with Gasteiger partial charge in [-0.2, -0.15) is 0 Å². The average Bonchev–Trinajstić information content (AvgIpc) is 3.71. The van der Waals surface area contributed by atoms with Gasteiger partial charge in [-0.25, -0.2) is 9.97 Å². The number of nitrogens with zero attached hydrogens (tertiary/aromatic N) is 3. The molecule has 11 rings (SSSR count). The van der Waals surface area contributed by atoms with E-state index in [9.17, 15) is 0 Å². The quantitative estimate of drug-likeness (QED) is 0.179. The first-order valence-corrected chi connectivity index (χ1v) is 17.1. The summed E-state index contributed by atoms with van der Waals surface area (Å²) >= 11 is 1.89. The van der Waals surface area contributed by atoms with E-state index in [0.717, 1.165) is 33.6 Å². The molecule has 0 saturated heterocycles. The molecule has 0 aliphatic heterocycles. The Morgan fingerprint density at radius 2 is 0.979 bits per heavy atom. The van der Waals surface area contributed by atoms with Crippen molar-refractivity contribution in [2.24, 2.45) is 0 Å². The molecule has 0 bridgehead atoms. The molecule has 0 N–H and O–H groups in total. The van der Waals surface area contributed by atoms with E-state index in [1.54, 1.807) is 0 Å². The highest BCUT2D eigenvalue weighted by Gasteiger charge is 2.26. The molecule has 11 aromatic rings. The summed E-state index contributed by atoms with van der Waals surface area (Å²) < 4.78 is 4.99. The second-order valence-corrected chi connectivity index (χ2v) is 13.5. The molecule has 0 atom stereocenters. The first-order chi connectivity index (χ1) is 23.8. The first kappa shape index (κ1) is 26.0. The maximum atomic E-state index is 5.42. The first-order valence-electron chi connectivity index (χ1n) is 16.3. The molecule has 0 amide bonds. The van der Waals surface area contributed by atoms with Crippen LogP contribution in [0.1, 0.15) is 0 Å². The average molecular weight is 628 g/mol. The van der Waals surface area contributed by atoms with E-state index in [1.807, 2.05) is 17.4 Å². The Kier molecular flexibility index (Phi) is 5.26. The Morgan fingerprint density at radius 3 is 1.73 bits per heavy atom. The maximum Gasteiger partial charge on any atom is 0.162 e. The van der Waals surface area contributed by atoms with Crippen molar-refractivity contribution in [1.82, 2.24) is 14.5 Å². The van der Waals surface area contributed by atoms with Crippen molar-refractivity contribution < 1.29 is 0 Å². The lowest BCUT2D eigenvalue weighted by Crippen LogP contribution is -2.02. The van der Waals surface area contributed by atoms with E-state index in [4.69, 9.17) is 9.97 Å². The third-order valence-electron chi connectivity index (χ3n) is 9.95. The summed E-state index contributed by atoms with van der Waals surface area (Å²) in [7, 11) is 0. The predicted octanol–water partition coefficient (Wildman–Crippen LogP) is 12.2. The van der Waals surface area contributed by atoms with Crippen LogP contribution in [0.2, 0.25) is 0 Å². The van der Waals surface area contributed by atoms with E-state index in [-0.39, 0.29) is 0 Å². The van der Waals surface area contributed by atoms with Gasteiger partial charge in [0.1, 0.15) is 5.82 Å². The van der Waals surface area contributed by atoms with Crippen molar-refractivity contribution in [3.8, 4) is 17.2 Å². The number of hydrogen-bond donors (Lipinski definition) is 0. The Hall–Kier alpha value is -6.10. The van der Waals surface area contributed by atoms with Crippen LogP contribution in [0.15, 0.2) is 152 Å². The third-order valence-corrected chi connectivity index (χ3v) is 11.1. The van der Waals surface area contributed by atoms with Crippen LogP contribution in [0.5, 0.6) is 0 Å². The molecule has 3 nitrogen and oxygen atoms in total. The van der Waals surface area contributed by atoms with Crippen molar-refractivity contribution in [2.45, 2.75) is 0 Å². The van der Waals surface area contributed by atoms with Gasteiger partial charge in [0.15, 0.2) is 5.82 Å². The molecule has 0 radical (unpaired) electrons. The van der Waals surface area contributed by atoms with Crippen LogP contribution in [-0.4, -0.2) is 14.5 Å². The van der Waals surface area contributed by atoms with Crippen molar-refractivity contribution in [1.29, 1.82) is 0 Å². The molecule has 222 valence electrons. The Labute approximate surface area is 278 Å². The fourth-order valence-corrected chi connectivity index (χ4v) is 9.25. The zero-order valence-corrected chi connectivity index (χ0v) is 26.5. The van der Waals surface area contributed by atoms with E-state index < -0.39 is 0 Å². The van der Waals surface area contributed by atoms with Crippen LogP contribution in [0.3, 0.4) is 0 Å². The Morgan fingerprint density at radius 1 is 0.417 bits per heavy atom. The number of hydrogen-bond acceptors (Lipinski definition) is 3. The number of fused-ring (bicyclic) bond motifs is 16. The molecular weight excluding hydrogens is 603 g/mol. The molecule has 0 aliphatic rings. The van der Waals surface area contributed by atoms with Gasteiger partial charge in [0, 0.05) is 48.0 Å². The number of thiophene rings is 1. The highest BCUT2D eigenvalue weighted by molar-refractivity contribution is 7.27. The fourth-order valence-electron chi connectivity index (χ4n) is 8.00. The lowest BCUT2D eigenvalue weighted by molar-refractivity contribution is 1.08. The van der Waals surface area contributed by atoms with Crippen molar-refractivity contribution in [3.63, 3.8) is 0 Å². The molecule has 8 aromatic carbocycles. The number of para-hydroxylation sites is 2. The van der Waals surface area contributed by atoms with Gasteiger partial charge in [-0.3, -0.25) is 4.57 Å². The predicted molar refractivity (Wildman–Crippen MR) is 205 cm³/mol. The highest BCUT2D eigenvalue weighted by Crippen LogP contribution is 2.51. The molecule has 0 unspecified atom stereocenters. The van der Waals surface area contributed by atoms with E-state index >= 15 is 0 Å². The summed E-state index contributed by atoms with van der Waals surface area (Å²) in [5.41, 5.74) is 4.26. The van der Waals surface area contributed by atoms with E-state index in [2.05, 4.69) is 150 Å². The molecular formula is C44H25N3S. The standard InChI is InChI=1S/C44H25N3S/c1-2-14-26(15-3-1)43-45-34-23-11-8-20-31(34)44(46-43)47-35-24-12-9-21-32(35)39-37-29-18-6-4-16-27(29)28-17-5-7-19-30(28)38(37)40-33-22-10-13-25-36(33)48-42(40)41(39)47/h1-25H. The van der Waals surface area contributed by atoms with Gasteiger partial charge < -0.3 is 0 Å². The fraction of sp³-hybridized carbons (Fsp3) is 0. The second kappa shape index (κ2) is 9.71. The monoisotopic (exact) mass is 627 g/mol. The maximum absolute atomic E-state index is 5.42. The van der Waals surface area contributed by atoms with Crippen LogP contribution in [0.25, 0.3) is 102 Å². The smallest absolute Gasteiger partial charge is 0.162 e. The molecule has 4 heteroatoms. The normalized spacial score (nSPS) is 12.2. The molecule has 0 fully saturated rings. The minimum Gasteiger partial charge on any atom is -0.292 e. The third kappa shape index (κ3) is 3.42. The number of benzene rings is 8. The van der Waals surface area contributed by atoms with Crippen LogP contribution in [0, 0.1) is 0 Å². The van der Waals surface area contributed by atoms with Gasteiger partial charge in [0.2, 0.25) is 0 Å². The summed E-state index contributed by atoms with van der Waals surface area (Å²) in [6.45, 7) is 0. The van der Waals surface area contributed by atoms with Crippen molar-refractivity contribution in [2.75, 3.05) is 0 Å². The summed E-state index contributed by atoms with van der Waals surface area (Å²) in [6, 6.07) is 54.4. The summed E-state index contributed by atoms with van der Waals surface area (Å²) in [5, 5.41) is 13.9.